The molecule has 0 bridgehead atoms. The van der Waals surface area contributed by atoms with Crippen LogP contribution in [0, 0.1) is 0 Å². The van der Waals surface area contributed by atoms with Gasteiger partial charge in [-0.3, -0.25) is 4.79 Å². The van der Waals surface area contributed by atoms with Gasteiger partial charge in [0, 0.05) is 22.9 Å². The number of carbonyl (C=O) groups excluding carboxylic acids is 1. The minimum absolute atomic E-state index is 0.204. The number of amides is 1. The molecule has 1 amide bonds. The molecule has 32 heavy (non-hydrogen) atoms. The summed E-state index contributed by atoms with van der Waals surface area (Å²) in [7, 11) is 1.60. The Morgan fingerprint density at radius 3 is 2.47 bits per heavy atom. The van der Waals surface area contributed by atoms with Crippen LogP contribution in [0.15, 0.2) is 72.8 Å². The summed E-state index contributed by atoms with van der Waals surface area (Å²) >= 11 is 0. The number of phenolic OH excluding ortho intramolecular Hbond substituents is 1. The molecule has 2 N–H and O–H groups in total. The first-order valence-electron chi connectivity index (χ1n) is 10.3. The van der Waals surface area contributed by atoms with E-state index in [9.17, 15) is 9.90 Å². The number of phenols is 1. The largest absolute Gasteiger partial charge is 0.508 e. The fourth-order valence-electron chi connectivity index (χ4n) is 3.48. The van der Waals surface area contributed by atoms with Crippen LogP contribution in [-0.4, -0.2) is 23.7 Å². The molecule has 3 aromatic rings. The Kier molecular flexibility index (Phi) is 5.73. The average Bonchev–Trinajstić information content (AvgIpc) is 2.78. The maximum Gasteiger partial charge on any atom is 0.248 e. The number of fused-ring (bicyclic) bond motifs is 1. The number of aromatic hydroxyl groups is 1. The van der Waals surface area contributed by atoms with Gasteiger partial charge in [0.2, 0.25) is 5.91 Å². The van der Waals surface area contributed by atoms with E-state index < -0.39 is 5.60 Å². The zero-order chi connectivity index (χ0) is 22.7. The fraction of sp³-hybridized carbons (Fsp3) is 0.148. The number of nitrogens with one attached hydrogen (secondary N) is 1. The number of hydrogen-bond acceptors (Lipinski definition) is 4. The Hall–Kier alpha value is -3.99. The third kappa shape index (κ3) is 4.83. The lowest BCUT2D eigenvalue weighted by molar-refractivity contribution is -0.111. The third-order valence-electron chi connectivity index (χ3n) is 5.13. The molecule has 0 aromatic heterocycles. The van der Waals surface area contributed by atoms with Crippen molar-refractivity contribution in [2.24, 2.45) is 0 Å². The molecule has 0 radical (unpaired) electrons. The lowest BCUT2D eigenvalue weighted by Crippen LogP contribution is -2.27. The minimum Gasteiger partial charge on any atom is -0.508 e. The second-order valence-electron chi connectivity index (χ2n) is 8.12. The van der Waals surface area contributed by atoms with Crippen LogP contribution in [0.25, 0.3) is 23.3 Å². The molecule has 5 nitrogen and oxygen atoms in total. The van der Waals surface area contributed by atoms with Gasteiger partial charge in [0.25, 0.3) is 0 Å². The lowest BCUT2D eigenvalue weighted by Gasteiger charge is -2.30. The molecule has 0 aliphatic carbocycles. The van der Waals surface area contributed by atoms with Gasteiger partial charge in [-0.1, -0.05) is 18.2 Å². The maximum atomic E-state index is 12.4. The second-order valence-corrected chi connectivity index (χ2v) is 8.12. The van der Waals surface area contributed by atoms with Crippen molar-refractivity contribution in [1.82, 2.24) is 0 Å². The zero-order valence-electron chi connectivity index (χ0n) is 18.3. The van der Waals surface area contributed by atoms with E-state index in [1.165, 1.54) is 6.08 Å². The molecule has 1 aliphatic rings. The molecule has 162 valence electrons. The normalized spacial score (nSPS) is 14.0. The van der Waals surface area contributed by atoms with Gasteiger partial charge in [-0.15, -0.1) is 0 Å². The number of benzene rings is 3. The molecule has 0 saturated carbocycles. The summed E-state index contributed by atoms with van der Waals surface area (Å²) in [4.78, 5) is 12.4. The summed E-state index contributed by atoms with van der Waals surface area (Å²) in [6.07, 6.45) is 7.33. The van der Waals surface area contributed by atoms with E-state index in [1.807, 2.05) is 50.3 Å². The van der Waals surface area contributed by atoms with Gasteiger partial charge >= 0.3 is 0 Å². The molecule has 0 unspecified atom stereocenters. The molecule has 4 rings (SSSR count). The Labute approximate surface area is 187 Å². The highest BCUT2D eigenvalue weighted by molar-refractivity contribution is 6.02. The molecule has 3 aromatic carbocycles. The van der Waals surface area contributed by atoms with Crippen molar-refractivity contribution in [3.63, 3.8) is 0 Å². The van der Waals surface area contributed by atoms with E-state index in [1.54, 1.807) is 49.6 Å². The molecule has 0 saturated heterocycles. The first kappa shape index (κ1) is 21.2. The standard InChI is InChI=1S/C27H25NO4/c1-27(2)15-14-20-16-18(4-13-25(30)28-21-7-11-23(31-3)12-8-21)17-24(26(20)32-27)19-5-9-22(29)10-6-19/h4-17,29H,1-3H3,(H,28,30)/b13-4+. The van der Waals surface area contributed by atoms with E-state index in [2.05, 4.69) is 5.32 Å². The minimum atomic E-state index is -0.422. The van der Waals surface area contributed by atoms with E-state index in [-0.39, 0.29) is 11.7 Å². The summed E-state index contributed by atoms with van der Waals surface area (Å²) in [5, 5.41) is 12.5. The Bertz CT molecular complexity index is 1190. The summed E-state index contributed by atoms with van der Waals surface area (Å²) in [5.41, 5.74) is 3.89. The topological polar surface area (TPSA) is 67.8 Å². The predicted molar refractivity (Wildman–Crippen MR) is 128 cm³/mol. The van der Waals surface area contributed by atoms with Gasteiger partial charge < -0.3 is 19.9 Å². The van der Waals surface area contributed by atoms with Crippen LogP contribution in [-0.2, 0) is 4.79 Å². The first-order chi connectivity index (χ1) is 15.3. The van der Waals surface area contributed by atoms with Crippen LogP contribution in [0.1, 0.15) is 25.0 Å². The first-order valence-corrected chi connectivity index (χ1v) is 10.3. The highest BCUT2D eigenvalue weighted by atomic mass is 16.5. The quantitative estimate of drug-likeness (QED) is 0.497. The smallest absolute Gasteiger partial charge is 0.248 e. The summed E-state index contributed by atoms with van der Waals surface area (Å²) in [6, 6.07) is 18.1. The second kappa shape index (κ2) is 8.63. The van der Waals surface area contributed by atoms with Crippen LogP contribution in [0.5, 0.6) is 17.2 Å². The van der Waals surface area contributed by atoms with E-state index in [0.717, 1.165) is 33.8 Å². The van der Waals surface area contributed by atoms with Crippen molar-refractivity contribution < 1.29 is 19.4 Å². The summed E-state index contributed by atoms with van der Waals surface area (Å²) in [6.45, 7) is 4.01. The Morgan fingerprint density at radius 2 is 1.78 bits per heavy atom. The monoisotopic (exact) mass is 427 g/mol. The molecule has 5 heteroatoms. The molecular weight excluding hydrogens is 402 g/mol. The van der Waals surface area contributed by atoms with Gasteiger partial charge in [0.15, 0.2) is 0 Å². The number of anilines is 1. The van der Waals surface area contributed by atoms with Gasteiger partial charge in [0.05, 0.1) is 7.11 Å². The van der Waals surface area contributed by atoms with E-state index in [0.29, 0.717) is 5.69 Å². The number of carbonyl (C=O) groups is 1. The van der Waals surface area contributed by atoms with E-state index in [4.69, 9.17) is 9.47 Å². The predicted octanol–water partition coefficient (Wildman–Crippen LogP) is 5.90. The van der Waals surface area contributed by atoms with Gasteiger partial charge in [0.1, 0.15) is 22.8 Å². The molecule has 0 spiro atoms. The average molecular weight is 428 g/mol. The lowest BCUT2D eigenvalue weighted by atomic mass is 9.94. The van der Waals surface area contributed by atoms with Crippen LogP contribution < -0.4 is 14.8 Å². The van der Waals surface area contributed by atoms with Gasteiger partial charge in [-0.2, -0.15) is 0 Å². The van der Waals surface area contributed by atoms with Crippen molar-refractivity contribution in [3.05, 3.63) is 83.9 Å². The zero-order valence-corrected chi connectivity index (χ0v) is 18.3. The Balaban J connectivity index is 1.63. The molecule has 0 fully saturated rings. The number of rotatable bonds is 5. The molecule has 1 aliphatic heterocycles. The SMILES string of the molecule is COc1ccc(NC(=O)/C=C/c2cc3c(c(-c4ccc(O)cc4)c2)OC(C)(C)C=C3)cc1. The molecular formula is C27H25NO4. The van der Waals surface area contributed by atoms with Crippen molar-refractivity contribution >= 4 is 23.7 Å². The number of methoxy groups -OCH3 is 1. The van der Waals surface area contributed by atoms with Crippen LogP contribution in [0.2, 0.25) is 0 Å². The third-order valence-corrected chi connectivity index (χ3v) is 5.13. The number of hydrogen-bond donors (Lipinski definition) is 2. The van der Waals surface area contributed by atoms with Crippen molar-refractivity contribution in [2.45, 2.75) is 19.4 Å². The highest BCUT2D eigenvalue weighted by Crippen LogP contribution is 2.41. The van der Waals surface area contributed by atoms with Gasteiger partial charge in [-0.25, -0.2) is 0 Å². The van der Waals surface area contributed by atoms with Gasteiger partial charge in [-0.05, 0) is 85.7 Å². The van der Waals surface area contributed by atoms with Crippen LogP contribution in [0.3, 0.4) is 0 Å². The number of ether oxygens (including phenoxy) is 2. The Morgan fingerprint density at radius 1 is 1.06 bits per heavy atom. The molecule has 1 heterocycles. The summed E-state index contributed by atoms with van der Waals surface area (Å²) in [5.74, 6) is 1.48. The van der Waals surface area contributed by atoms with Crippen molar-refractivity contribution in [2.75, 3.05) is 12.4 Å². The highest BCUT2D eigenvalue weighted by Gasteiger charge is 2.24. The van der Waals surface area contributed by atoms with E-state index >= 15 is 0 Å². The molecule has 0 atom stereocenters. The van der Waals surface area contributed by atoms with Crippen LogP contribution >= 0.6 is 0 Å². The fourth-order valence-corrected chi connectivity index (χ4v) is 3.48. The van der Waals surface area contributed by atoms with Crippen molar-refractivity contribution in [1.29, 1.82) is 0 Å². The van der Waals surface area contributed by atoms with Crippen molar-refractivity contribution in [3.8, 4) is 28.4 Å². The maximum absolute atomic E-state index is 12.4. The summed E-state index contributed by atoms with van der Waals surface area (Å²) < 4.78 is 11.4. The van der Waals surface area contributed by atoms with Crippen LogP contribution in [0.4, 0.5) is 5.69 Å².